The Bertz CT molecular complexity index is 663. The number of piperidine rings is 1. The number of carbonyl (C=O) groups is 1. The Morgan fingerprint density at radius 2 is 2.46 bits per heavy atom. The number of amides is 1. The van der Waals surface area contributed by atoms with E-state index in [0.29, 0.717) is 5.69 Å². The van der Waals surface area contributed by atoms with Crippen LogP contribution in [0.2, 0.25) is 0 Å². The summed E-state index contributed by atoms with van der Waals surface area (Å²) in [5, 5.41) is 15.0. The summed E-state index contributed by atoms with van der Waals surface area (Å²) in [6.07, 6.45) is 3.60. The minimum Gasteiger partial charge on any atom is -0.360 e. The fourth-order valence-corrected chi connectivity index (χ4v) is 3.26. The van der Waals surface area contributed by atoms with Gasteiger partial charge in [-0.1, -0.05) is 12.1 Å². The lowest BCUT2D eigenvalue weighted by atomic mass is 10.1. The zero-order valence-electron chi connectivity index (χ0n) is 13.6. The molecule has 1 atom stereocenters. The molecule has 1 N–H and O–H groups in total. The van der Waals surface area contributed by atoms with Gasteiger partial charge in [0.05, 0.1) is 5.75 Å². The van der Waals surface area contributed by atoms with Gasteiger partial charge in [0.1, 0.15) is 5.76 Å². The number of hydrogen-bond donors (Lipinski definition) is 1. The maximum Gasteiger partial charge on any atom is 0.273 e. The number of aromatic nitrogens is 3. The summed E-state index contributed by atoms with van der Waals surface area (Å²) >= 11 is 1.73. The molecule has 0 radical (unpaired) electrons. The van der Waals surface area contributed by atoms with E-state index in [1.807, 2.05) is 12.1 Å². The van der Waals surface area contributed by atoms with Crippen LogP contribution in [0.3, 0.4) is 0 Å². The van der Waals surface area contributed by atoms with E-state index in [1.54, 1.807) is 24.0 Å². The molecule has 1 unspecified atom stereocenters. The van der Waals surface area contributed by atoms with Crippen LogP contribution in [0.1, 0.15) is 36.0 Å². The second kappa shape index (κ2) is 8.14. The van der Waals surface area contributed by atoms with E-state index in [1.165, 1.54) is 0 Å². The Hall–Kier alpha value is -2.09. The molecule has 1 fully saturated rings. The fraction of sp³-hybridized carbons (Fsp3) is 0.500. The molecular weight excluding hydrogens is 326 g/mol. The number of carbonyl (C=O) groups excluding carboxylic acids is 1. The van der Waals surface area contributed by atoms with E-state index in [9.17, 15) is 4.79 Å². The van der Waals surface area contributed by atoms with Crippen molar-refractivity contribution in [3.63, 3.8) is 0 Å². The first-order chi connectivity index (χ1) is 11.8. The van der Waals surface area contributed by atoms with E-state index < -0.39 is 0 Å². The largest absolute Gasteiger partial charge is 0.360 e. The molecule has 1 saturated heterocycles. The third kappa shape index (κ3) is 4.25. The molecule has 1 amide bonds. The van der Waals surface area contributed by atoms with Crippen LogP contribution >= 0.6 is 11.8 Å². The van der Waals surface area contributed by atoms with E-state index in [0.717, 1.165) is 49.0 Å². The first-order valence-electron chi connectivity index (χ1n) is 8.13. The van der Waals surface area contributed by atoms with E-state index >= 15 is 0 Å². The Balaban J connectivity index is 1.57. The average Bonchev–Trinajstić information content (AvgIpc) is 3.10. The summed E-state index contributed by atoms with van der Waals surface area (Å²) < 4.78 is 5.21. The number of thioether (sulfide) groups is 1. The predicted octanol–water partition coefficient (Wildman–Crippen LogP) is 2.12. The normalized spacial score (nSPS) is 17.7. The van der Waals surface area contributed by atoms with Gasteiger partial charge in [-0.15, -0.1) is 5.10 Å². The van der Waals surface area contributed by atoms with Crippen molar-refractivity contribution in [2.75, 3.05) is 23.7 Å². The van der Waals surface area contributed by atoms with Gasteiger partial charge in [-0.05, 0) is 30.7 Å². The van der Waals surface area contributed by atoms with Crippen molar-refractivity contribution >= 4 is 23.5 Å². The average molecular weight is 347 g/mol. The summed E-state index contributed by atoms with van der Waals surface area (Å²) in [7, 11) is 0. The Kier molecular flexibility index (Phi) is 5.68. The highest BCUT2D eigenvalue weighted by atomic mass is 32.2. The van der Waals surface area contributed by atoms with Gasteiger partial charge in [0, 0.05) is 31.4 Å². The van der Waals surface area contributed by atoms with Crippen LogP contribution in [0, 0.1) is 0 Å². The Morgan fingerprint density at radius 1 is 1.54 bits per heavy atom. The van der Waals surface area contributed by atoms with Gasteiger partial charge in [-0.3, -0.25) is 4.79 Å². The highest BCUT2D eigenvalue weighted by Crippen LogP contribution is 2.17. The maximum atomic E-state index is 12.4. The standard InChI is InChI=1S/C16H21N5O2S/c1-2-24-11-13-9-14(20-23-13)16(22)18-12-5-4-8-21(10-12)15-6-3-7-17-19-15/h3,6-7,9,12H,2,4-5,8,10-11H2,1H3,(H,18,22). The molecule has 1 aliphatic heterocycles. The van der Waals surface area contributed by atoms with Crippen molar-refractivity contribution in [2.24, 2.45) is 0 Å². The number of hydrogen-bond acceptors (Lipinski definition) is 7. The summed E-state index contributed by atoms with van der Waals surface area (Å²) in [5.41, 5.74) is 0.346. The topological polar surface area (TPSA) is 84.2 Å². The molecule has 0 spiro atoms. The molecule has 24 heavy (non-hydrogen) atoms. The smallest absolute Gasteiger partial charge is 0.273 e. The molecular formula is C16H21N5O2S. The summed E-state index contributed by atoms with van der Waals surface area (Å²) in [6, 6.07) is 5.60. The fourth-order valence-electron chi connectivity index (χ4n) is 2.72. The van der Waals surface area contributed by atoms with Gasteiger partial charge in [0.25, 0.3) is 5.91 Å². The van der Waals surface area contributed by atoms with Gasteiger partial charge in [-0.25, -0.2) is 0 Å². The maximum absolute atomic E-state index is 12.4. The van der Waals surface area contributed by atoms with E-state index in [2.05, 4.69) is 32.5 Å². The molecule has 0 aromatic carbocycles. The van der Waals surface area contributed by atoms with Crippen molar-refractivity contribution in [3.8, 4) is 0 Å². The van der Waals surface area contributed by atoms with Crippen molar-refractivity contribution in [1.82, 2.24) is 20.7 Å². The predicted molar refractivity (Wildman–Crippen MR) is 93.1 cm³/mol. The summed E-state index contributed by atoms with van der Waals surface area (Å²) in [4.78, 5) is 14.5. The number of anilines is 1. The monoisotopic (exact) mass is 347 g/mol. The molecule has 0 bridgehead atoms. The first-order valence-corrected chi connectivity index (χ1v) is 9.28. The SMILES string of the molecule is CCSCc1cc(C(=O)NC2CCCN(c3cccnn3)C2)no1. The third-order valence-electron chi connectivity index (χ3n) is 3.88. The van der Waals surface area contributed by atoms with Crippen LogP contribution in [-0.4, -0.2) is 46.1 Å². The highest BCUT2D eigenvalue weighted by molar-refractivity contribution is 7.98. The molecule has 2 aromatic rings. The lowest BCUT2D eigenvalue weighted by molar-refractivity contribution is 0.0924. The van der Waals surface area contributed by atoms with Crippen LogP contribution in [0.25, 0.3) is 0 Å². The zero-order chi connectivity index (χ0) is 16.8. The molecule has 7 nitrogen and oxygen atoms in total. The molecule has 2 aromatic heterocycles. The minimum atomic E-state index is -0.183. The molecule has 0 aliphatic carbocycles. The number of nitrogens with one attached hydrogen (secondary N) is 1. The van der Waals surface area contributed by atoms with Crippen LogP contribution in [0.4, 0.5) is 5.82 Å². The van der Waals surface area contributed by atoms with Crippen LogP contribution in [0.15, 0.2) is 28.9 Å². The van der Waals surface area contributed by atoms with Gasteiger partial charge >= 0.3 is 0 Å². The third-order valence-corrected chi connectivity index (χ3v) is 4.78. The molecule has 128 valence electrons. The summed E-state index contributed by atoms with van der Waals surface area (Å²) in [6.45, 7) is 3.73. The van der Waals surface area contributed by atoms with Crippen LogP contribution < -0.4 is 10.2 Å². The molecule has 0 saturated carbocycles. The minimum absolute atomic E-state index is 0.0680. The Labute approximate surface area is 145 Å². The van der Waals surface area contributed by atoms with Crippen molar-refractivity contribution < 1.29 is 9.32 Å². The van der Waals surface area contributed by atoms with Crippen molar-refractivity contribution in [3.05, 3.63) is 35.9 Å². The van der Waals surface area contributed by atoms with Crippen molar-refractivity contribution in [1.29, 1.82) is 0 Å². The van der Waals surface area contributed by atoms with Gasteiger partial charge in [-0.2, -0.15) is 16.9 Å². The Morgan fingerprint density at radius 3 is 3.25 bits per heavy atom. The number of nitrogens with zero attached hydrogens (tertiary/aromatic N) is 4. The number of rotatable bonds is 6. The highest BCUT2D eigenvalue weighted by Gasteiger charge is 2.24. The second-order valence-corrected chi connectivity index (χ2v) is 6.93. The first kappa shape index (κ1) is 16.8. The van der Waals surface area contributed by atoms with Crippen LogP contribution in [-0.2, 0) is 5.75 Å². The molecule has 1 aliphatic rings. The lowest BCUT2D eigenvalue weighted by Gasteiger charge is -2.33. The van der Waals surface area contributed by atoms with E-state index in [4.69, 9.17) is 4.52 Å². The second-order valence-electron chi connectivity index (χ2n) is 5.66. The van der Waals surface area contributed by atoms with E-state index in [-0.39, 0.29) is 11.9 Å². The zero-order valence-corrected chi connectivity index (χ0v) is 14.5. The molecule has 8 heteroatoms. The van der Waals surface area contributed by atoms with Crippen molar-refractivity contribution in [2.45, 2.75) is 31.6 Å². The quantitative estimate of drug-likeness (QED) is 0.857. The molecule has 3 heterocycles. The van der Waals surface area contributed by atoms with Gasteiger partial charge in [0.15, 0.2) is 11.5 Å². The lowest BCUT2D eigenvalue weighted by Crippen LogP contribution is -2.48. The summed E-state index contributed by atoms with van der Waals surface area (Å²) in [5.74, 6) is 3.13. The van der Waals surface area contributed by atoms with Gasteiger partial charge < -0.3 is 14.7 Å². The van der Waals surface area contributed by atoms with Gasteiger partial charge in [0.2, 0.25) is 0 Å². The van der Waals surface area contributed by atoms with Crippen LogP contribution in [0.5, 0.6) is 0 Å². The molecule has 3 rings (SSSR count).